The molecule has 106 valence electrons. The molecule has 0 aromatic carbocycles. The molecule has 0 spiro atoms. The van der Waals surface area contributed by atoms with Crippen molar-refractivity contribution >= 4 is 16.2 Å². The number of nitrogens with one attached hydrogen (secondary N) is 1. The number of hydrogen-bond donors (Lipinski definition) is 2. The van der Waals surface area contributed by atoms with Gasteiger partial charge in [0.15, 0.2) is 0 Å². The largest absolute Gasteiger partial charge is 0.481 e. The Morgan fingerprint density at radius 3 is 2.22 bits per heavy atom. The van der Waals surface area contributed by atoms with Crippen LogP contribution in [0.5, 0.6) is 0 Å². The lowest BCUT2D eigenvalue weighted by Crippen LogP contribution is -2.48. The first-order chi connectivity index (χ1) is 8.12. The summed E-state index contributed by atoms with van der Waals surface area (Å²) in [5.74, 6) is -1.66. The van der Waals surface area contributed by atoms with Gasteiger partial charge in [0, 0.05) is 13.1 Å². The fraction of sp³-hybridized carbons (Fsp3) is 0.875. The zero-order chi connectivity index (χ0) is 14.0. The Balaban J connectivity index is 2.53. The van der Waals surface area contributed by atoms with E-state index in [1.807, 2.05) is 0 Å². The average Bonchev–Trinajstić information content (AvgIpc) is 2.26. The molecule has 1 fully saturated rings. The molecule has 1 heterocycles. The molecule has 0 aromatic heterocycles. The summed E-state index contributed by atoms with van der Waals surface area (Å²) in [6.07, 6.45) is -4.42. The van der Waals surface area contributed by atoms with Crippen molar-refractivity contribution in [2.24, 2.45) is 5.92 Å². The number of piperidine rings is 1. The fourth-order valence-electron chi connectivity index (χ4n) is 1.61. The minimum Gasteiger partial charge on any atom is -0.481 e. The summed E-state index contributed by atoms with van der Waals surface area (Å²) in [6, 6.07) is 0. The zero-order valence-electron chi connectivity index (χ0n) is 9.27. The van der Waals surface area contributed by atoms with E-state index >= 15 is 0 Å². The molecule has 1 rings (SSSR count). The van der Waals surface area contributed by atoms with Gasteiger partial charge >= 0.3 is 12.1 Å². The number of carboxylic acid groups (broad SMARTS) is 1. The van der Waals surface area contributed by atoms with E-state index in [2.05, 4.69) is 0 Å². The van der Waals surface area contributed by atoms with Crippen LogP contribution in [-0.2, 0) is 15.0 Å². The van der Waals surface area contributed by atoms with E-state index < -0.39 is 34.8 Å². The minimum atomic E-state index is -4.62. The van der Waals surface area contributed by atoms with Gasteiger partial charge in [-0.15, -0.1) is 0 Å². The predicted molar refractivity (Wildman–Crippen MR) is 54.9 cm³/mol. The molecule has 0 atom stereocenters. The lowest BCUT2D eigenvalue weighted by Gasteiger charge is -2.29. The zero-order valence-corrected chi connectivity index (χ0v) is 10.1. The van der Waals surface area contributed by atoms with Crippen LogP contribution in [-0.4, -0.2) is 49.6 Å². The molecule has 1 aliphatic heterocycles. The van der Waals surface area contributed by atoms with Gasteiger partial charge in [0.2, 0.25) is 0 Å². The smallest absolute Gasteiger partial charge is 0.402 e. The lowest BCUT2D eigenvalue weighted by atomic mass is 9.99. The highest BCUT2D eigenvalue weighted by atomic mass is 32.2. The Kier molecular flexibility index (Phi) is 4.56. The van der Waals surface area contributed by atoms with Crippen molar-refractivity contribution in [1.82, 2.24) is 9.03 Å². The first-order valence-electron chi connectivity index (χ1n) is 5.16. The maximum atomic E-state index is 11.9. The van der Waals surface area contributed by atoms with E-state index in [-0.39, 0.29) is 25.9 Å². The molecule has 6 nitrogen and oxygen atoms in total. The summed E-state index contributed by atoms with van der Waals surface area (Å²) in [7, 11) is -4.20. The summed E-state index contributed by atoms with van der Waals surface area (Å²) in [5, 5.41) is 8.70. The van der Waals surface area contributed by atoms with Crippen LogP contribution in [0.3, 0.4) is 0 Å². The van der Waals surface area contributed by atoms with Crippen molar-refractivity contribution in [1.29, 1.82) is 0 Å². The summed E-state index contributed by atoms with van der Waals surface area (Å²) >= 11 is 0. The van der Waals surface area contributed by atoms with E-state index in [9.17, 15) is 26.4 Å². The number of hydrogen-bond acceptors (Lipinski definition) is 3. The summed E-state index contributed by atoms with van der Waals surface area (Å²) in [5.41, 5.74) is 0. The molecule has 18 heavy (non-hydrogen) atoms. The summed E-state index contributed by atoms with van der Waals surface area (Å²) < 4.78 is 60.9. The Morgan fingerprint density at radius 2 is 1.83 bits per heavy atom. The summed E-state index contributed by atoms with van der Waals surface area (Å²) in [6.45, 7) is -1.82. The Bertz CT molecular complexity index is 401. The van der Waals surface area contributed by atoms with E-state index in [0.29, 0.717) is 0 Å². The SMILES string of the molecule is O=C(O)C1CCN(S(=O)(=O)NCC(F)(F)F)CC1. The Labute approximate surface area is 102 Å². The van der Waals surface area contributed by atoms with Crippen LogP contribution in [0.4, 0.5) is 13.2 Å². The highest BCUT2D eigenvalue weighted by Gasteiger charge is 2.34. The van der Waals surface area contributed by atoms with E-state index in [1.54, 1.807) is 0 Å². The van der Waals surface area contributed by atoms with Crippen molar-refractivity contribution in [3.05, 3.63) is 0 Å². The van der Waals surface area contributed by atoms with Gasteiger partial charge in [-0.1, -0.05) is 0 Å². The third-order valence-corrected chi connectivity index (χ3v) is 4.15. The average molecular weight is 290 g/mol. The number of halogens is 3. The highest BCUT2D eigenvalue weighted by molar-refractivity contribution is 7.87. The standard InChI is InChI=1S/C8H13F3N2O4S/c9-8(10,11)5-12-18(16,17)13-3-1-6(2-4-13)7(14)15/h6,12H,1-5H2,(H,14,15). The van der Waals surface area contributed by atoms with Crippen molar-refractivity contribution < 1.29 is 31.5 Å². The third kappa shape index (κ3) is 4.42. The van der Waals surface area contributed by atoms with Crippen LogP contribution in [0, 0.1) is 5.92 Å². The monoisotopic (exact) mass is 290 g/mol. The third-order valence-electron chi connectivity index (χ3n) is 2.60. The molecule has 0 amide bonds. The lowest BCUT2D eigenvalue weighted by molar-refractivity contribution is -0.142. The maximum absolute atomic E-state index is 11.9. The molecular weight excluding hydrogens is 277 g/mol. The second kappa shape index (κ2) is 5.41. The molecule has 10 heteroatoms. The number of alkyl halides is 3. The van der Waals surface area contributed by atoms with Gasteiger partial charge in [-0.3, -0.25) is 4.79 Å². The molecule has 2 N–H and O–H groups in total. The van der Waals surface area contributed by atoms with Crippen molar-refractivity contribution in [3.8, 4) is 0 Å². The quantitative estimate of drug-likeness (QED) is 0.773. The van der Waals surface area contributed by atoms with Gasteiger partial charge in [-0.05, 0) is 12.8 Å². The topological polar surface area (TPSA) is 86.7 Å². The maximum Gasteiger partial charge on any atom is 0.402 e. The second-order valence-corrected chi connectivity index (χ2v) is 5.71. The number of rotatable bonds is 4. The van der Waals surface area contributed by atoms with Gasteiger partial charge in [-0.25, -0.2) is 0 Å². The molecule has 1 saturated heterocycles. The molecule has 0 bridgehead atoms. The predicted octanol–water partition coefficient (Wildman–Crippen LogP) is 0.180. The fourth-order valence-corrected chi connectivity index (χ4v) is 2.83. The molecule has 0 aliphatic carbocycles. The van der Waals surface area contributed by atoms with Crippen molar-refractivity contribution in [3.63, 3.8) is 0 Å². The van der Waals surface area contributed by atoms with E-state index in [1.165, 1.54) is 4.72 Å². The van der Waals surface area contributed by atoms with Gasteiger partial charge in [0.25, 0.3) is 10.2 Å². The Morgan fingerprint density at radius 1 is 1.33 bits per heavy atom. The van der Waals surface area contributed by atoms with Crippen LogP contribution in [0.25, 0.3) is 0 Å². The minimum absolute atomic E-state index is 0.0931. The van der Waals surface area contributed by atoms with Crippen molar-refractivity contribution in [2.75, 3.05) is 19.6 Å². The molecule has 0 unspecified atom stereocenters. The van der Waals surface area contributed by atoms with E-state index in [4.69, 9.17) is 5.11 Å². The first-order valence-corrected chi connectivity index (χ1v) is 6.60. The van der Waals surface area contributed by atoms with Crippen LogP contribution in [0.1, 0.15) is 12.8 Å². The second-order valence-electron chi connectivity index (χ2n) is 3.95. The van der Waals surface area contributed by atoms with Crippen LogP contribution >= 0.6 is 0 Å². The van der Waals surface area contributed by atoms with Gasteiger partial charge in [0.05, 0.1) is 5.92 Å². The van der Waals surface area contributed by atoms with E-state index in [0.717, 1.165) is 4.31 Å². The molecular formula is C8H13F3N2O4S. The molecule has 0 radical (unpaired) electrons. The number of carboxylic acids is 1. The van der Waals surface area contributed by atoms with Gasteiger partial charge < -0.3 is 5.11 Å². The van der Waals surface area contributed by atoms with Gasteiger partial charge in [-0.2, -0.15) is 30.6 Å². The Hall–Kier alpha value is -0.870. The number of aliphatic carboxylic acids is 1. The normalized spacial score (nSPS) is 19.9. The van der Waals surface area contributed by atoms with Gasteiger partial charge in [0.1, 0.15) is 6.54 Å². The molecule has 0 aromatic rings. The van der Waals surface area contributed by atoms with Crippen LogP contribution in [0.2, 0.25) is 0 Å². The number of carbonyl (C=O) groups is 1. The van der Waals surface area contributed by atoms with Crippen LogP contribution < -0.4 is 4.72 Å². The highest BCUT2D eigenvalue weighted by Crippen LogP contribution is 2.20. The number of nitrogens with zero attached hydrogens (tertiary/aromatic N) is 1. The molecule has 0 saturated carbocycles. The van der Waals surface area contributed by atoms with Crippen molar-refractivity contribution in [2.45, 2.75) is 19.0 Å². The summed E-state index contributed by atoms with van der Waals surface area (Å²) in [4.78, 5) is 10.6. The first kappa shape index (κ1) is 15.2. The van der Waals surface area contributed by atoms with Crippen LogP contribution in [0.15, 0.2) is 0 Å². The molecule has 1 aliphatic rings.